The number of benzene rings is 2. The second-order valence-corrected chi connectivity index (χ2v) is 6.06. The molecule has 2 aromatic rings. The molecule has 1 atom stereocenters. The van der Waals surface area contributed by atoms with Crippen LogP contribution in [0.3, 0.4) is 0 Å². The quantitative estimate of drug-likeness (QED) is 0.786. The Hall–Kier alpha value is -2.28. The molecular formula is C17H14BrF2NO3. The van der Waals surface area contributed by atoms with E-state index >= 15 is 0 Å². The maximum atomic E-state index is 13.1. The third-order valence-corrected chi connectivity index (χ3v) is 4.08. The van der Waals surface area contributed by atoms with E-state index in [0.29, 0.717) is 6.07 Å². The zero-order valence-corrected chi connectivity index (χ0v) is 14.0. The molecule has 1 amide bonds. The van der Waals surface area contributed by atoms with Gasteiger partial charge in [0.25, 0.3) is 0 Å². The zero-order chi connectivity index (χ0) is 17.7. The molecule has 0 fully saturated rings. The van der Waals surface area contributed by atoms with Crippen LogP contribution in [0.2, 0.25) is 0 Å². The standard InChI is InChI=1S/C17H14BrF2NO3/c18-14-4-2-1-3-11(14)8-15(17(23)24)21-16(22)7-10-5-12(19)9-13(20)6-10/h1-6,9,15H,7-8H2,(H,21,22)(H,23,24)/t15-/m0/s1. The van der Waals surface area contributed by atoms with Crippen LogP contribution in [-0.2, 0) is 22.4 Å². The minimum absolute atomic E-state index is 0.0833. The molecule has 2 rings (SSSR count). The number of nitrogens with one attached hydrogen (secondary N) is 1. The van der Waals surface area contributed by atoms with Crippen molar-refractivity contribution >= 4 is 27.8 Å². The highest BCUT2D eigenvalue weighted by molar-refractivity contribution is 9.10. The van der Waals surface area contributed by atoms with Crippen molar-refractivity contribution in [2.24, 2.45) is 0 Å². The topological polar surface area (TPSA) is 66.4 Å². The number of rotatable bonds is 6. The van der Waals surface area contributed by atoms with Gasteiger partial charge in [-0.15, -0.1) is 0 Å². The van der Waals surface area contributed by atoms with Crippen molar-refractivity contribution in [2.75, 3.05) is 0 Å². The van der Waals surface area contributed by atoms with Crippen molar-refractivity contribution in [3.63, 3.8) is 0 Å². The molecule has 0 saturated carbocycles. The number of amides is 1. The highest BCUT2D eigenvalue weighted by atomic mass is 79.9. The fourth-order valence-electron chi connectivity index (χ4n) is 2.23. The first-order valence-corrected chi connectivity index (χ1v) is 7.85. The minimum atomic E-state index is -1.19. The van der Waals surface area contributed by atoms with E-state index in [1.807, 2.05) is 0 Å². The third-order valence-electron chi connectivity index (χ3n) is 3.30. The summed E-state index contributed by atoms with van der Waals surface area (Å²) in [6.07, 6.45) is -0.228. The predicted molar refractivity (Wildman–Crippen MR) is 87.5 cm³/mol. The molecule has 0 saturated heterocycles. The van der Waals surface area contributed by atoms with Crippen LogP contribution in [0.1, 0.15) is 11.1 Å². The van der Waals surface area contributed by atoms with E-state index in [2.05, 4.69) is 21.2 Å². The van der Waals surface area contributed by atoms with Crippen LogP contribution in [0.5, 0.6) is 0 Å². The van der Waals surface area contributed by atoms with Gasteiger partial charge in [0.15, 0.2) is 0 Å². The van der Waals surface area contributed by atoms with Gasteiger partial charge in [-0.05, 0) is 29.3 Å². The summed E-state index contributed by atoms with van der Waals surface area (Å²) in [6, 6.07) is 8.69. The molecule has 0 radical (unpaired) electrons. The third kappa shape index (κ3) is 5.13. The average molecular weight is 398 g/mol. The number of carboxylic acid groups (broad SMARTS) is 1. The number of aliphatic carboxylic acids is 1. The summed E-state index contributed by atoms with van der Waals surface area (Å²) in [5.74, 6) is -3.40. The van der Waals surface area contributed by atoms with Crippen molar-refractivity contribution < 1.29 is 23.5 Å². The molecule has 0 aromatic heterocycles. The van der Waals surface area contributed by atoms with Gasteiger partial charge in [-0.2, -0.15) is 0 Å². The van der Waals surface area contributed by atoms with E-state index in [1.54, 1.807) is 24.3 Å². The monoisotopic (exact) mass is 397 g/mol. The van der Waals surface area contributed by atoms with Crippen LogP contribution >= 0.6 is 15.9 Å². The molecular weight excluding hydrogens is 384 g/mol. The lowest BCUT2D eigenvalue weighted by Gasteiger charge is -2.15. The molecule has 0 aliphatic carbocycles. The van der Waals surface area contributed by atoms with Crippen molar-refractivity contribution in [1.29, 1.82) is 0 Å². The number of hydrogen-bond acceptors (Lipinski definition) is 2. The maximum absolute atomic E-state index is 13.1. The fourth-order valence-corrected chi connectivity index (χ4v) is 2.67. The van der Waals surface area contributed by atoms with E-state index in [-0.39, 0.29) is 18.4 Å². The van der Waals surface area contributed by atoms with Crippen LogP contribution < -0.4 is 5.32 Å². The minimum Gasteiger partial charge on any atom is -0.480 e. The molecule has 0 bridgehead atoms. The summed E-state index contributed by atoms with van der Waals surface area (Å²) in [7, 11) is 0. The molecule has 0 aliphatic rings. The van der Waals surface area contributed by atoms with Gasteiger partial charge in [0.05, 0.1) is 6.42 Å². The molecule has 24 heavy (non-hydrogen) atoms. The smallest absolute Gasteiger partial charge is 0.326 e. The summed E-state index contributed by atoms with van der Waals surface area (Å²) < 4.78 is 27.0. The van der Waals surface area contributed by atoms with Crippen LogP contribution in [0.25, 0.3) is 0 Å². The lowest BCUT2D eigenvalue weighted by atomic mass is 10.1. The normalized spacial score (nSPS) is 11.8. The summed E-state index contributed by atoms with van der Waals surface area (Å²) in [5.41, 5.74) is 0.858. The summed E-state index contributed by atoms with van der Waals surface area (Å²) in [4.78, 5) is 23.4. The highest BCUT2D eigenvalue weighted by Crippen LogP contribution is 2.17. The molecule has 7 heteroatoms. The second kappa shape index (κ2) is 8.01. The fraction of sp³-hybridized carbons (Fsp3) is 0.176. The van der Waals surface area contributed by atoms with E-state index < -0.39 is 29.6 Å². The van der Waals surface area contributed by atoms with Crippen LogP contribution in [-0.4, -0.2) is 23.0 Å². The molecule has 4 nitrogen and oxygen atoms in total. The number of carbonyl (C=O) groups is 2. The summed E-state index contributed by atoms with van der Waals surface area (Å²) in [5, 5.41) is 11.7. The van der Waals surface area contributed by atoms with Gasteiger partial charge in [-0.1, -0.05) is 34.1 Å². The lowest BCUT2D eigenvalue weighted by Crippen LogP contribution is -2.43. The molecule has 0 aliphatic heterocycles. The zero-order valence-electron chi connectivity index (χ0n) is 12.4. The van der Waals surface area contributed by atoms with Gasteiger partial charge in [0.1, 0.15) is 17.7 Å². The van der Waals surface area contributed by atoms with Gasteiger partial charge in [-0.25, -0.2) is 13.6 Å². The molecule has 0 spiro atoms. The number of carbonyl (C=O) groups excluding carboxylic acids is 1. The van der Waals surface area contributed by atoms with Gasteiger partial charge < -0.3 is 10.4 Å². The SMILES string of the molecule is O=C(Cc1cc(F)cc(F)c1)N[C@@H](Cc1ccccc1Br)C(=O)O. The first-order chi connectivity index (χ1) is 11.3. The molecule has 0 heterocycles. The Morgan fingerprint density at radius 2 is 1.75 bits per heavy atom. The Morgan fingerprint density at radius 1 is 1.12 bits per heavy atom. The molecule has 126 valence electrons. The first-order valence-electron chi connectivity index (χ1n) is 7.05. The van der Waals surface area contributed by atoms with E-state index in [4.69, 9.17) is 0 Å². The van der Waals surface area contributed by atoms with E-state index in [9.17, 15) is 23.5 Å². The average Bonchev–Trinajstić information content (AvgIpc) is 2.47. The molecule has 2 N–H and O–H groups in total. The van der Waals surface area contributed by atoms with Crippen molar-refractivity contribution in [3.05, 3.63) is 69.7 Å². The molecule has 0 unspecified atom stereocenters. The first kappa shape index (κ1) is 18.1. The number of carboxylic acids is 1. The van der Waals surface area contributed by atoms with Gasteiger partial charge >= 0.3 is 5.97 Å². The van der Waals surface area contributed by atoms with Crippen LogP contribution in [0.4, 0.5) is 8.78 Å². The second-order valence-electron chi connectivity index (χ2n) is 5.21. The number of halogens is 3. The van der Waals surface area contributed by atoms with Crippen molar-refractivity contribution in [1.82, 2.24) is 5.32 Å². The van der Waals surface area contributed by atoms with Crippen molar-refractivity contribution in [3.8, 4) is 0 Å². The highest BCUT2D eigenvalue weighted by Gasteiger charge is 2.21. The number of hydrogen-bond donors (Lipinski definition) is 2. The van der Waals surface area contributed by atoms with Crippen LogP contribution in [0.15, 0.2) is 46.9 Å². The largest absolute Gasteiger partial charge is 0.480 e. The predicted octanol–water partition coefficient (Wildman–Crippen LogP) is 3.08. The molecule has 2 aromatic carbocycles. The van der Waals surface area contributed by atoms with Crippen LogP contribution in [0, 0.1) is 11.6 Å². The van der Waals surface area contributed by atoms with Gasteiger partial charge in [-0.3, -0.25) is 4.79 Å². The van der Waals surface area contributed by atoms with Crippen molar-refractivity contribution in [2.45, 2.75) is 18.9 Å². The lowest BCUT2D eigenvalue weighted by molar-refractivity contribution is -0.141. The van der Waals surface area contributed by atoms with E-state index in [1.165, 1.54) is 0 Å². The Morgan fingerprint density at radius 3 is 2.33 bits per heavy atom. The Labute approximate surface area is 145 Å². The summed E-state index contributed by atoms with van der Waals surface area (Å²) in [6.45, 7) is 0. The Bertz CT molecular complexity index is 747. The Kier molecular flexibility index (Phi) is 6.03. The van der Waals surface area contributed by atoms with Gasteiger partial charge in [0, 0.05) is 17.0 Å². The van der Waals surface area contributed by atoms with Gasteiger partial charge in [0.2, 0.25) is 5.91 Å². The Balaban J connectivity index is 2.06. The van der Waals surface area contributed by atoms with E-state index in [0.717, 1.165) is 22.2 Å². The summed E-state index contributed by atoms with van der Waals surface area (Å²) >= 11 is 3.32. The maximum Gasteiger partial charge on any atom is 0.326 e.